The summed E-state index contributed by atoms with van der Waals surface area (Å²) in [5, 5.41) is 35.0. The number of esters is 1. The molecule has 4 saturated heterocycles. The summed E-state index contributed by atoms with van der Waals surface area (Å²) in [4.78, 5) is 28.9. The number of methoxy groups -OCH3 is 1. The molecule has 4 fully saturated rings. The van der Waals surface area contributed by atoms with Gasteiger partial charge in [-0.1, -0.05) is 34.3 Å². The zero-order chi connectivity index (χ0) is 39.0. The minimum absolute atomic E-state index is 0.0899. The highest BCUT2D eigenvalue weighted by molar-refractivity contribution is 5.73. The van der Waals surface area contributed by atoms with E-state index in [4.69, 9.17) is 37.9 Å². The summed E-state index contributed by atoms with van der Waals surface area (Å²) in [5.41, 5.74) is -2.24. The van der Waals surface area contributed by atoms with Crippen LogP contribution in [-0.2, 0) is 42.7 Å². The Bertz CT molecular complexity index is 1250. The third kappa shape index (κ3) is 8.97. The van der Waals surface area contributed by atoms with Crippen molar-refractivity contribution >= 4 is 12.1 Å². The van der Waals surface area contributed by atoms with Gasteiger partial charge in [-0.3, -0.25) is 4.79 Å². The fraction of sp³-hybridized carbons (Fsp3) is 0.895. The third-order valence-electron chi connectivity index (χ3n) is 12.0. The number of cyclic esters (lactones) is 1. The molecule has 14 nitrogen and oxygen atoms in total. The van der Waals surface area contributed by atoms with Crippen molar-refractivity contribution in [3.05, 3.63) is 12.2 Å². The van der Waals surface area contributed by atoms with Crippen molar-refractivity contribution in [1.82, 2.24) is 4.90 Å². The van der Waals surface area contributed by atoms with Crippen molar-refractivity contribution in [3.63, 3.8) is 0 Å². The van der Waals surface area contributed by atoms with Crippen LogP contribution < -0.4 is 0 Å². The molecule has 4 aliphatic heterocycles. The van der Waals surface area contributed by atoms with Crippen molar-refractivity contribution in [2.45, 2.75) is 173 Å². The molecule has 0 aliphatic carbocycles. The first-order valence-electron chi connectivity index (χ1n) is 18.8. The Labute approximate surface area is 309 Å². The molecular weight excluding hydrogens is 678 g/mol. The summed E-state index contributed by atoms with van der Waals surface area (Å²) in [6, 6.07) is -0.291. The van der Waals surface area contributed by atoms with Gasteiger partial charge >= 0.3 is 12.1 Å². The monoisotopic (exact) mass is 743 g/mol. The SMILES string of the molecule is C=C1[C@@H](CC)OC(=O)[C@H](C)[C@@H](OC2C[C@@](C)(OC)[C@@H](O)[C@H](C)O2)[C@H](C)[C@@H](OC2O[C@H](C)C[C@H](N(C)C)[C@H]2O)[C@@](C)(O)C[C@@H](C)[C@@H]2OC(=O)O[C@@H]1[C@H]2C. The van der Waals surface area contributed by atoms with Crippen LogP contribution in [0, 0.1) is 23.7 Å². The molecule has 4 aliphatic rings. The van der Waals surface area contributed by atoms with Crippen LogP contribution in [-0.4, -0.2) is 138 Å². The third-order valence-corrected chi connectivity index (χ3v) is 12.0. The van der Waals surface area contributed by atoms with Crippen molar-refractivity contribution in [1.29, 1.82) is 0 Å². The summed E-state index contributed by atoms with van der Waals surface area (Å²) in [7, 11) is 5.26. The van der Waals surface area contributed by atoms with Crippen LogP contribution in [0.3, 0.4) is 0 Å². The van der Waals surface area contributed by atoms with Crippen molar-refractivity contribution in [2.75, 3.05) is 21.2 Å². The molecule has 2 unspecified atom stereocenters. The number of likely N-dealkylation sites (N-methyl/N-ethyl adjacent to an activating group) is 1. The standard InChI is InChI=1S/C38H65NO13/c1-14-26-20(4)30-21(5)29(50-36(43)51-30)18(2)16-37(9,44)33(52-35-28(40)25(39(11)12)15-19(3)46-35)22(6)31(23(7)34(42)48-26)49-27-17-38(10,45-13)32(41)24(8)47-27/h18-19,21-33,35,40-41,44H,4,14-17H2,1-3,5-13H3/t18-,19-,21+,22+,23-,24+,25+,26-,27?,28-,29+,30+,31+,32+,33-,35?,37+,38-/m1/s1. The van der Waals surface area contributed by atoms with Crippen molar-refractivity contribution in [2.24, 2.45) is 23.7 Å². The number of ether oxygens (including phenoxy) is 8. The Morgan fingerprint density at radius 1 is 0.942 bits per heavy atom. The van der Waals surface area contributed by atoms with Gasteiger partial charge in [0, 0.05) is 37.0 Å². The number of aliphatic hydroxyl groups excluding tert-OH is 2. The minimum atomic E-state index is -1.66. The van der Waals surface area contributed by atoms with E-state index in [0.717, 1.165) is 0 Å². The normalized spacial score (nSPS) is 48.3. The van der Waals surface area contributed by atoms with Crippen molar-refractivity contribution < 1.29 is 62.8 Å². The average molecular weight is 744 g/mol. The van der Waals surface area contributed by atoms with E-state index in [9.17, 15) is 24.9 Å². The molecule has 3 N–H and O–H groups in total. The van der Waals surface area contributed by atoms with E-state index in [1.165, 1.54) is 7.11 Å². The highest BCUT2D eigenvalue weighted by atomic mass is 16.7. The first-order chi connectivity index (χ1) is 24.1. The molecule has 4 rings (SSSR count). The Balaban J connectivity index is 1.82. The van der Waals surface area contributed by atoms with Gasteiger partial charge in [0.05, 0.1) is 41.5 Å². The van der Waals surface area contributed by atoms with Crippen molar-refractivity contribution in [3.8, 4) is 0 Å². The minimum Gasteiger partial charge on any atom is -0.457 e. The van der Waals surface area contributed by atoms with E-state index in [-0.39, 0.29) is 25.0 Å². The molecule has 0 aromatic heterocycles. The van der Waals surface area contributed by atoms with E-state index in [0.29, 0.717) is 18.4 Å². The van der Waals surface area contributed by atoms with Gasteiger partial charge in [-0.25, -0.2) is 4.79 Å². The number of nitrogens with zero attached hydrogens (tertiary/aromatic N) is 1. The molecule has 18 atom stereocenters. The summed E-state index contributed by atoms with van der Waals surface area (Å²) >= 11 is 0. The van der Waals surface area contributed by atoms with E-state index in [1.54, 1.807) is 27.7 Å². The van der Waals surface area contributed by atoms with Gasteiger partial charge in [0.15, 0.2) is 12.6 Å². The molecule has 2 bridgehead atoms. The zero-order valence-corrected chi connectivity index (χ0v) is 33.1. The molecule has 14 heteroatoms. The maximum Gasteiger partial charge on any atom is 0.509 e. The second-order valence-corrected chi connectivity index (χ2v) is 16.5. The second-order valence-electron chi connectivity index (χ2n) is 16.5. The largest absolute Gasteiger partial charge is 0.509 e. The van der Waals surface area contributed by atoms with Gasteiger partial charge < -0.3 is 58.1 Å². The lowest BCUT2D eigenvalue weighted by Crippen LogP contribution is -2.61. The second kappa shape index (κ2) is 16.9. The fourth-order valence-corrected chi connectivity index (χ4v) is 8.82. The highest BCUT2D eigenvalue weighted by Crippen LogP contribution is 2.42. The van der Waals surface area contributed by atoms with Gasteiger partial charge in [0.2, 0.25) is 0 Å². The topological polar surface area (TPSA) is 172 Å². The number of carbonyl (C=O) groups excluding carboxylic acids is 2. The van der Waals surface area contributed by atoms with Crippen LogP contribution in [0.1, 0.15) is 88.0 Å². The Kier molecular flexibility index (Phi) is 13.9. The predicted molar refractivity (Wildman–Crippen MR) is 189 cm³/mol. The Morgan fingerprint density at radius 2 is 1.60 bits per heavy atom. The Morgan fingerprint density at radius 3 is 2.19 bits per heavy atom. The molecule has 300 valence electrons. The number of fused-ring (bicyclic) bond motifs is 2. The quantitative estimate of drug-likeness (QED) is 0.255. The smallest absolute Gasteiger partial charge is 0.457 e. The predicted octanol–water partition coefficient (Wildman–Crippen LogP) is 3.56. The first-order valence-corrected chi connectivity index (χ1v) is 18.8. The molecule has 0 saturated carbocycles. The Hall–Kier alpha value is -1.88. The molecule has 52 heavy (non-hydrogen) atoms. The number of hydrogen-bond acceptors (Lipinski definition) is 14. The van der Waals surface area contributed by atoms with Crippen LogP contribution in [0.25, 0.3) is 0 Å². The van der Waals surface area contributed by atoms with Crippen LogP contribution >= 0.6 is 0 Å². The lowest BCUT2D eigenvalue weighted by atomic mass is 9.74. The summed E-state index contributed by atoms with van der Waals surface area (Å²) in [6.07, 6.45) is -9.07. The summed E-state index contributed by atoms with van der Waals surface area (Å²) in [6.45, 7) is 20.4. The van der Waals surface area contributed by atoms with Crippen LogP contribution in [0.2, 0.25) is 0 Å². The lowest BCUT2D eigenvalue weighted by Gasteiger charge is -2.49. The van der Waals surface area contributed by atoms with E-state index < -0.39 is 108 Å². The molecule has 0 amide bonds. The van der Waals surface area contributed by atoms with Gasteiger partial charge in [0.1, 0.15) is 30.5 Å². The van der Waals surface area contributed by atoms with E-state index >= 15 is 0 Å². The zero-order valence-electron chi connectivity index (χ0n) is 33.1. The van der Waals surface area contributed by atoms with Crippen LogP contribution in [0.4, 0.5) is 4.79 Å². The molecule has 4 heterocycles. The summed E-state index contributed by atoms with van der Waals surface area (Å²) in [5.74, 6) is -3.12. The molecule has 0 aromatic rings. The number of aliphatic hydroxyl groups is 3. The van der Waals surface area contributed by atoms with Gasteiger partial charge in [0.25, 0.3) is 0 Å². The number of rotatable bonds is 7. The van der Waals surface area contributed by atoms with Gasteiger partial charge in [-0.2, -0.15) is 0 Å². The van der Waals surface area contributed by atoms with E-state index in [2.05, 4.69) is 6.58 Å². The first kappa shape index (κ1) is 42.9. The van der Waals surface area contributed by atoms with Gasteiger partial charge in [-0.15, -0.1) is 0 Å². The summed E-state index contributed by atoms with van der Waals surface area (Å²) < 4.78 is 49.0. The number of hydrogen-bond donors (Lipinski definition) is 3. The van der Waals surface area contributed by atoms with Crippen LogP contribution in [0.5, 0.6) is 0 Å². The van der Waals surface area contributed by atoms with E-state index in [1.807, 2.05) is 53.6 Å². The lowest BCUT2D eigenvalue weighted by molar-refractivity contribution is -0.318. The highest BCUT2D eigenvalue weighted by Gasteiger charge is 2.53. The maximum absolute atomic E-state index is 14.2. The molecule has 0 radical (unpaired) electrons. The number of carbonyl (C=O) groups is 2. The fourth-order valence-electron chi connectivity index (χ4n) is 8.82. The average Bonchev–Trinajstić information content (AvgIpc) is 3.07. The molecule has 0 aromatic carbocycles. The maximum atomic E-state index is 14.2. The molecular formula is C38H65NO13. The van der Waals surface area contributed by atoms with Gasteiger partial charge in [-0.05, 0) is 73.9 Å². The molecule has 0 spiro atoms. The van der Waals surface area contributed by atoms with Crippen LogP contribution in [0.15, 0.2) is 12.2 Å².